The molecule has 98 valence electrons. The molecular weight excluding hydrogens is 250 g/mol. The summed E-state index contributed by atoms with van der Waals surface area (Å²) in [6, 6.07) is 6.77. The van der Waals surface area contributed by atoms with Gasteiger partial charge in [-0.05, 0) is 19.1 Å². The van der Waals surface area contributed by atoms with Gasteiger partial charge in [-0.25, -0.2) is 9.59 Å². The molecule has 1 aromatic carbocycles. The molecule has 1 N–H and O–H groups in total. The normalized spacial score (nSPS) is 10.4. The molecule has 19 heavy (non-hydrogen) atoms. The van der Waals surface area contributed by atoms with E-state index in [1.165, 1.54) is 7.05 Å². The third-order valence-electron chi connectivity index (χ3n) is 2.66. The van der Waals surface area contributed by atoms with Crippen molar-refractivity contribution in [2.45, 2.75) is 6.92 Å². The first-order valence-corrected chi connectivity index (χ1v) is 5.42. The standard InChI is InChI=1S/C12H11N3O4/c1-7-3-5-8(6-4-7)15-12(19)14(2)10(16)9(13-15)11(17)18/h3-6H,1-2H3,(H,17,18). The largest absolute Gasteiger partial charge is 0.476 e. The Labute approximate surface area is 107 Å². The minimum atomic E-state index is -1.47. The summed E-state index contributed by atoms with van der Waals surface area (Å²) in [7, 11) is 1.21. The van der Waals surface area contributed by atoms with Gasteiger partial charge in [0, 0.05) is 7.05 Å². The second kappa shape index (κ2) is 4.52. The minimum Gasteiger partial charge on any atom is -0.476 e. The van der Waals surface area contributed by atoms with Crippen LogP contribution in [0.3, 0.4) is 0 Å². The first kappa shape index (κ1) is 12.7. The maximum atomic E-state index is 11.9. The molecule has 0 unspecified atom stereocenters. The molecule has 0 aliphatic carbocycles. The van der Waals surface area contributed by atoms with E-state index in [0.29, 0.717) is 5.69 Å². The molecule has 0 fully saturated rings. The predicted octanol–water partition coefficient (Wildman–Crippen LogP) is -0.0622. The van der Waals surface area contributed by atoms with Gasteiger partial charge in [0.15, 0.2) is 0 Å². The van der Waals surface area contributed by atoms with Crippen molar-refractivity contribution >= 4 is 5.97 Å². The fraction of sp³-hybridized carbons (Fsp3) is 0.167. The van der Waals surface area contributed by atoms with Gasteiger partial charge in [0.1, 0.15) is 0 Å². The Bertz CT molecular complexity index is 756. The summed E-state index contributed by atoms with van der Waals surface area (Å²) in [4.78, 5) is 34.4. The number of carboxylic acid groups (broad SMARTS) is 1. The van der Waals surface area contributed by atoms with Gasteiger partial charge in [0.05, 0.1) is 5.69 Å². The SMILES string of the molecule is Cc1ccc(-n2nc(C(=O)O)c(=O)n(C)c2=O)cc1. The molecule has 2 rings (SSSR count). The molecule has 0 saturated heterocycles. The highest BCUT2D eigenvalue weighted by molar-refractivity contribution is 5.84. The maximum absolute atomic E-state index is 11.9. The number of hydrogen-bond donors (Lipinski definition) is 1. The highest BCUT2D eigenvalue weighted by Gasteiger charge is 2.17. The summed E-state index contributed by atoms with van der Waals surface area (Å²) in [6.45, 7) is 1.88. The van der Waals surface area contributed by atoms with Gasteiger partial charge >= 0.3 is 11.7 Å². The first-order valence-electron chi connectivity index (χ1n) is 5.42. The van der Waals surface area contributed by atoms with Gasteiger partial charge in [0.2, 0.25) is 5.69 Å². The molecule has 0 radical (unpaired) electrons. The summed E-state index contributed by atoms with van der Waals surface area (Å²) in [5.74, 6) is -1.47. The van der Waals surface area contributed by atoms with E-state index in [4.69, 9.17) is 5.11 Å². The van der Waals surface area contributed by atoms with Crippen molar-refractivity contribution in [3.8, 4) is 5.69 Å². The van der Waals surface area contributed by atoms with Crippen molar-refractivity contribution in [1.29, 1.82) is 0 Å². The highest BCUT2D eigenvalue weighted by Crippen LogP contribution is 2.05. The van der Waals surface area contributed by atoms with E-state index >= 15 is 0 Å². The third-order valence-corrected chi connectivity index (χ3v) is 2.66. The van der Waals surface area contributed by atoms with Crippen molar-refractivity contribution < 1.29 is 9.90 Å². The molecule has 7 nitrogen and oxygen atoms in total. The topological polar surface area (TPSA) is 94.2 Å². The minimum absolute atomic E-state index is 0.397. The molecular formula is C12H11N3O4. The number of carboxylic acids is 1. The molecule has 0 aliphatic heterocycles. The van der Waals surface area contributed by atoms with Crippen molar-refractivity contribution in [2.24, 2.45) is 7.05 Å². The van der Waals surface area contributed by atoms with Crippen molar-refractivity contribution in [3.63, 3.8) is 0 Å². The van der Waals surface area contributed by atoms with E-state index in [0.717, 1.165) is 14.8 Å². The summed E-state index contributed by atoms with van der Waals surface area (Å²) in [5, 5.41) is 12.5. The zero-order chi connectivity index (χ0) is 14.2. The van der Waals surface area contributed by atoms with Gasteiger partial charge < -0.3 is 5.11 Å². The average molecular weight is 261 g/mol. The van der Waals surface area contributed by atoms with Crippen LogP contribution in [-0.4, -0.2) is 25.4 Å². The maximum Gasteiger partial charge on any atom is 0.362 e. The molecule has 0 saturated carbocycles. The van der Waals surface area contributed by atoms with Crippen LogP contribution in [0, 0.1) is 6.92 Å². The summed E-state index contributed by atoms with van der Waals surface area (Å²) in [6.07, 6.45) is 0. The number of aromatic nitrogens is 3. The molecule has 0 aliphatic rings. The Morgan fingerprint density at radius 1 is 1.21 bits per heavy atom. The Morgan fingerprint density at radius 2 is 1.79 bits per heavy atom. The Hall–Kier alpha value is -2.70. The number of aryl methyl sites for hydroxylation is 1. The van der Waals surface area contributed by atoms with E-state index < -0.39 is 22.9 Å². The van der Waals surface area contributed by atoms with E-state index in [1.807, 2.05) is 6.92 Å². The number of carbonyl (C=O) groups is 1. The molecule has 0 atom stereocenters. The molecule has 2 aromatic rings. The number of nitrogens with zero attached hydrogens (tertiary/aromatic N) is 3. The lowest BCUT2D eigenvalue weighted by molar-refractivity contribution is 0.0684. The third kappa shape index (κ3) is 2.17. The van der Waals surface area contributed by atoms with E-state index in [2.05, 4.69) is 5.10 Å². The number of rotatable bonds is 2. The Morgan fingerprint density at radius 3 is 2.32 bits per heavy atom. The van der Waals surface area contributed by atoms with Crippen molar-refractivity contribution in [1.82, 2.24) is 14.3 Å². The number of hydrogen-bond acceptors (Lipinski definition) is 4. The quantitative estimate of drug-likeness (QED) is 0.817. The zero-order valence-corrected chi connectivity index (χ0v) is 10.3. The fourth-order valence-corrected chi connectivity index (χ4v) is 1.56. The van der Waals surface area contributed by atoms with E-state index in [9.17, 15) is 14.4 Å². The summed E-state index contributed by atoms with van der Waals surface area (Å²) in [5.41, 5.74) is -0.934. The van der Waals surface area contributed by atoms with Gasteiger partial charge in [-0.3, -0.25) is 9.36 Å². The monoisotopic (exact) mass is 261 g/mol. The smallest absolute Gasteiger partial charge is 0.362 e. The lowest BCUT2D eigenvalue weighted by Gasteiger charge is -2.07. The fourth-order valence-electron chi connectivity index (χ4n) is 1.56. The van der Waals surface area contributed by atoms with Crippen LogP contribution in [0.2, 0.25) is 0 Å². The molecule has 1 heterocycles. The number of aromatic carboxylic acids is 1. The van der Waals surface area contributed by atoms with E-state index in [1.54, 1.807) is 24.3 Å². The average Bonchev–Trinajstić information content (AvgIpc) is 2.37. The predicted molar refractivity (Wildman–Crippen MR) is 66.8 cm³/mol. The highest BCUT2D eigenvalue weighted by atomic mass is 16.4. The van der Waals surface area contributed by atoms with Gasteiger partial charge in [-0.2, -0.15) is 9.78 Å². The number of benzene rings is 1. The lowest BCUT2D eigenvalue weighted by Crippen LogP contribution is -2.42. The zero-order valence-electron chi connectivity index (χ0n) is 10.3. The Kier molecular flexibility index (Phi) is 3.04. The second-order valence-corrected chi connectivity index (χ2v) is 4.05. The summed E-state index contributed by atoms with van der Waals surface area (Å²) < 4.78 is 1.61. The summed E-state index contributed by atoms with van der Waals surface area (Å²) >= 11 is 0. The molecule has 0 bridgehead atoms. The van der Waals surface area contributed by atoms with Gasteiger partial charge in [-0.15, -0.1) is 0 Å². The van der Waals surface area contributed by atoms with Crippen LogP contribution in [0.4, 0.5) is 0 Å². The van der Waals surface area contributed by atoms with Crippen molar-refractivity contribution in [2.75, 3.05) is 0 Å². The molecule has 1 aromatic heterocycles. The van der Waals surface area contributed by atoms with Crippen LogP contribution in [0.25, 0.3) is 5.69 Å². The molecule has 0 amide bonds. The van der Waals surface area contributed by atoms with Crippen LogP contribution in [0.1, 0.15) is 16.1 Å². The van der Waals surface area contributed by atoms with Crippen LogP contribution in [0.15, 0.2) is 33.9 Å². The van der Waals surface area contributed by atoms with Gasteiger partial charge in [0.25, 0.3) is 5.56 Å². The lowest BCUT2D eigenvalue weighted by atomic mass is 10.2. The van der Waals surface area contributed by atoms with E-state index in [-0.39, 0.29) is 0 Å². The molecule has 0 spiro atoms. The first-order chi connectivity index (χ1) is 8.91. The van der Waals surface area contributed by atoms with Crippen LogP contribution in [-0.2, 0) is 7.05 Å². The van der Waals surface area contributed by atoms with Crippen LogP contribution in [0.5, 0.6) is 0 Å². The van der Waals surface area contributed by atoms with Crippen LogP contribution >= 0.6 is 0 Å². The second-order valence-electron chi connectivity index (χ2n) is 4.05. The molecule has 7 heteroatoms. The van der Waals surface area contributed by atoms with Gasteiger partial charge in [-0.1, -0.05) is 17.7 Å². The van der Waals surface area contributed by atoms with Crippen LogP contribution < -0.4 is 11.2 Å². The Balaban J connectivity index is 2.78. The van der Waals surface area contributed by atoms with Crippen molar-refractivity contribution in [3.05, 3.63) is 56.4 Å².